The van der Waals surface area contributed by atoms with E-state index in [2.05, 4.69) is 42.8 Å². The molecule has 1 N–H and O–H groups in total. The smallest absolute Gasteiger partial charge is 0.126 e. The number of fused-ring (bicyclic) bond motifs is 1. The number of hydrogen-bond donors (Lipinski definition) is 1. The number of rotatable bonds is 4. The lowest BCUT2D eigenvalue weighted by molar-refractivity contribution is 0.208. The average molecular weight is 307 g/mol. The zero-order valence-electron chi connectivity index (χ0n) is 13.1. The first-order chi connectivity index (χ1) is 11.4. The third-order valence-electron chi connectivity index (χ3n) is 4.52. The van der Waals surface area contributed by atoms with Crippen molar-refractivity contribution in [2.75, 3.05) is 18.4 Å². The summed E-state index contributed by atoms with van der Waals surface area (Å²) in [6, 6.07) is 12.9. The molecule has 1 fully saturated rings. The van der Waals surface area contributed by atoms with E-state index in [4.69, 9.17) is 0 Å². The maximum absolute atomic E-state index is 4.35. The van der Waals surface area contributed by atoms with Crippen molar-refractivity contribution in [2.45, 2.75) is 25.4 Å². The van der Waals surface area contributed by atoms with Crippen molar-refractivity contribution < 1.29 is 0 Å². The molecule has 0 bridgehead atoms. The van der Waals surface area contributed by atoms with E-state index in [1.165, 1.54) is 5.69 Å². The van der Waals surface area contributed by atoms with Crippen LogP contribution in [0.25, 0.3) is 5.52 Å². The quantitative estimate of drug-likeness (QED) is 0.805. The number of imidazole rings is 1. The predicted octanol–water partition coefficient (Wildman–Crippen LogP) is 2.81. The van der Waals surface area contributed by atoms with Crippen LogP contribution in [-0.4, -0.2) is 38.4 Å². The second kappa shape index (κ2) is 6.38. The zero-order valence-corrected chi connectivity index (χ0v) is 13.1. The number of nitrogens with one attached hydrogen (secondary N) is 1. The molecule has 5 heteroatoms. The van der Waals surface area contributed by atoms with Crippen LogP contribution in [0.1, 0.15) is 18.5 Å². The maximum Gasteiger partial charge on any atom is 0.126 e. The molecule has 1 aliphatic heterocycles. The molecule has 0 amide bonds. The van der Waals surface area contributed by atoms with Crippen LogP contribution >= 0.6 is 0 Å². The molecule has 4 rings (SSSR count). The largest absolute Gasteiger partial charge is 0.367 e. The zero-order chi connectivity index (χ0) is 15.5. The average Bonchev–Trinajstić information content (AvgIpc) is 3.07. The van der Waals surface area contributed by atoms with Crippen molar-refractivity contribution in [3.05, 3.63) is 60.8 Å². The standard InChI is InChI=1S/C18H21N5/c1-2-9-20-18(6-1)21-15-7-10-22(11-8-15)13-17-5-3-4-16-12-19-14-23(16)17/h1-6,9,12,14-15H,7-8,10-11,13H2,(H,20,21). The third kappa shape index (κ3) is 3.19. The van der Waals surface area contributed by atoms with E-state index in [1.54, 1.807) is 0 Å². The number of aromatic nitrogens is 3. The van der Waals surface area contributed by atoms with Crippen LogP contribution in [0.5, 0.6) is 0 Å². The highest BCUT2D eigenvalue weighted by Crippen LogP contribution is 2.17. The van der Waals surface area contributed by atoms with Gasteiger partial charge in [-0.3, -0.25) is 4.90 Å². The molecule has 0 aliphatic carbocycles. The van der Waals surface area contributed by atoms with Crippen molar-refractivity contribution in [3.8, 4) is 0 Å². The van der Waals surface area contributed by atoms with Gasteiger partial charge in [0.2, 0.25) is 0 Å². The molecule has 5 nitrogen and oxygen atoms in total. The van der Waals surface area contributed by atoms with Crippen LogP contribution in [0, 0.1) is 0 Å². The van der Waals surface area contributed by atoms with E-state index in [-0.39, 0.29) is 0 Å². The van der Waals surface area contributed by atoms with Crippen molar-refractivity contribution in [1.82, 2.24) is 19.3 Å². The Labute approximate surface area is 136 Å². The lowest BCUT2D eigenvalue weighted by atomic mass is 10.0. The number of piperidine rings is 1. The van der Waals surface area contributed by atoms with Gasteiger partial charge in [-0.1, -0.05) is 12.1 Å². The maximum atomic E-state index is 4.35. The molecule has 3 aromatic heterocycles. The van der Waals surface area contributed by atoms with Gasteiger partial charge in [-0.15, -0.1) is 0 Å². The van der Waals surface area contributed by atoms with Gasteiger partial charge >= 0.3 is 0 Å². The predicted molar refractivity (Wildman–Crippen MR) is 91.4 cm³/mol. The summed E-state index contributed by atoms with van der Waals surface area (Å²) < 4.78 is 2.18. The van der Waals surface area contributed by atoms with Crippen LogP contribution in [-0.2, 0) is 6.54 Å². The summed E-state index contributed by atoms with van der Waals surface area (Å²) in [5.74, 6) is 0.981. The van der Waals surface area contributed by atoms with E-state index in [0.29, 0.717) is 6.04 Å². The lowest BCUT2D eigenvalue weighted by Gasteiger charge is -2.32. The molecule has 4 heterocycles. The van der Waals surface area contributed by atoms with Gasteiger partial charge in [0, 0.05) is 37.6 Å². The minimum atomic E-state index is 0.519. The van der Waals surface area contributed by atoms with E-state index < -0.39 is 0 Å². The summed E-state index contributed by atoms with van der Waals surface area (Å²) in [7, 11) is 0. The summed E-state index contributed by atoms with van der Waals surface area (Å²) in [6.45, 7) is 3.19. The fraction of sp³-hybridized carbons (Fsp3) is 0.333. The minimum absolute atomic E-state index is 0.519. The molecule has 1 aliphatic rings. The van der Waals surface area contributed by atoms with Crippen molar-refractivity contribution in [2.24, 2.45) is 0 Å². The Bertz CT molecular complexity index is 759. The Kier molecular flexibility index (Phi) is 3.94. The molecule has 118 valence electrons. The van der Waals surface area contributed by atoms with Gasteiger partial charge in [0.05, 0.1) is 18.0 Å². The Hall–Kier alpha value is -2.40. The van der Waals surface area contributed by atoms with Crippen LogP contribution in [0.3, 0.4) is 0 Å². The van der Waals surface area contributed by atoms with Crippen LogP contribution < -0.4 is 5.32 Å². The van der Waals surface area contributed by atoms with Crippen LogP contribution in [0.4, 0.5) is 5.82 Å². The number of nitrogens with zero attached hydrogens (tertiary/aromatic N) is 4. The number of anilines is 1. The molecule has 0 unspecified atom stereocenters. The topological polar surface area (TPSA) is 45.5 Å². The first kappa shape index (κ1) is 14.2. The van der Waals surface area contributed by atoms with E-state index in [0.717, 1.165) is 43.8 Å². The van der Waals surface area contributed by atoms with Gasteiger partial charge in [-0.25, -0.2) is 9.97 Å². The van der Waals surface area contributed by atoms with Gasteiger partial charge in [0.1, 0.15) is 5.82 Å². The van der Waals surface area contributed by atoms with Crippen LogP contribution in [0.15, 0.2) is 55.1 Å². The Morgan fingerprint density at radius 2 is 2.00 bits per heavy atom. The van der Waals surface area contributed by atoms with Crippen LogP contribution in [0.2, 0.25) is 0 Å². The summed E-state index contributed by atoms with van der Waals surface area (Å²) in [5, 5.41) is 3.54. The first-order valence-electron chi connectivity index (χ1n) is 8.18. The molecular formula is C18H21N5. The second-order valence-electron chi connectivity index (χ2n) is 6.12. The number of pyridine rings is 2. The summed E-state index contributed by atoms with van der Waals surface area (Å²) in [6.07, 6.45) is 7.95. The lowest BCUT2D eigenvalue weighted by Crippen LogP contribution is -2.39. The van der Waals surface area contributed by atoms with E-state index >= 15 is 0 Å². The fourth-order valence-electron chi connectivity index (χ4n) is 3.26. The Morgan fingerprint density at radius 3 is 2.83 bits per heavy atom. The highest BCUT2D eigenvalue weighted by atomic mass is 15.2. The number of likely N-dealkylation sites (tertiary alicyclic amines) is 1. The third-order valence-corrected chi connectivity index (χ3v) is 4.52. The molecule has 0 atom stereocenters. The molecule has 0 radical (unpaired) electrons. The Morgan fingerprint density at radius 1 is 1.09 bits per heavy atom. The van der Waals surface area contributed by atoms with E-state index in [9.17, 15) is 0 Å². The van der Waals surface area contributed by atoms with Crippen molar-refractivity contribution in [3.63, 3.8) is 0 Å². The summed E-state index contributed by atoms with van der Waals surface area (Å²) in [4.78, 5) is 11.1. The molecule has 0 saturated carbocycles. The molecule has 0 spiro atoms. The molecule has 0 aromatic carbocycles. The fourth-order valence-corrected chi connectivity index (χ4v) is 3.26. The minimum Gasteiger partial charge on any atom is -0.367 e. The van der Waals surface area contributed by atoms with Gasteiger partial charge in [0.15, 0.2) is 0 Å². The normalized spacial score (nSPS) is 16.7. The monoisotopic (exact) mass is 307 g/mol. The second-order valence-corrected chi connectivity index (χ2v) is 6.12. The number of hydrogen-bond acceptors (Lipinski definition) is 4. The van der Waals surface area contributed by atoms with Gasteiger partial charge in [0.25, 0.3) is 0 Å². The molecular weight excluding hydrogens is 286 g/mol. The van der Waals surface area contributed by atoms with Gasteiger partial charge in [-0.2, -0.15) is 0 Å². The highest BCUT2D eigenvalue weighted by Gasteiger charge is 2.19. The summed E-state index contributed by atoms with van der Waals surface area (Å²) in [5.41, 5.74) is 2.46. The van der Waals surface area contributed by atoms with Gasteiger partial charge < -0.3 is 9.72 Å². The SMILES string of the molecule is c1ccc(NC2CCN(Cc3cccc4cncn34)CC2)nc1. The highest BCUT2D eigenvalue weighted by molar-refractivity contribution is 5.45. The van der Waals surface area contributed by atoms with Gasteiger partial charge in [-0.05, 0) is 37.1 Å². The summed E-state index contributed by atoms with van der Waals surface area (Å²) >= 11 is 0. The van der Waals surface area contributed by atoms with Crippen molar-refractivity contribution >= 4 is 11.3 Å². The molecule has 23 heavy (non-hydrogen) atoms. The van der Waals surface area contributed by atoms with Crippen molar-refractivity contribution in [1.29, 1.82) is 0 Å². The Balaban J connectivity index is 1.36. The molecule has 3 aromatic rings. The molecule has 1 saturated heterocycles. The first-order valence-corrected chi connectivity index (χ1v) is 8.18. The van der Waals surface area contributed by atoms with E-state index in [1.807, 2.05) is 36.9 Å².